The van der Waals surface area contributed by atoms with E-state index in [2.05, 4.69) is 5.32 Å². The molecule has 0 aromatic carbocycles. The molecular weight excluding hydrogens is 226 g/mol. The number of hydrogen-bond acceptors (Lipinski definition) is 3. The number of nitrogens with one attached hydrogen (secondary N) is 1. The fourth-order valence-corrected chi connectivity index (χ4v) is 4.50. The van der Waals surface area contributed by atoms with Gasteiger partial charge in [-0.15, -0.1) is 0 Å². The Kier molecular flexibility index (Phi) is 7.01. The third-order valence-electron chi connectivity index (χ3n) is 2.32. The van der Waals surface area contributed by atoms with Gasteiger partial charge in [0, 0.05) is 17.4 Å². The van der Waals surface area contributed by atoms with Crippen LogP contribution in [0.3, 0.4) is 0 Å². The molecule has 0 aromatic heterocycles. The maximum Gasteiger partial charge on any atom is 0.223 e. The molecule has 1 saturated heterocycles. The van der Waals surface area contributed by atoms with Crippen LogP contribution >= 0.6 is 21.6 Å². The van der Waals surface area contributed by atoms with Gasteiger partial charge in [-0.1, -0.05) is 34.1 Å². The number of carbonyl (C=O) groups excluding carboxylic acids is 1. The van der Waals surface area contributed by atoms with Crippen molar-refractivity contribution in [1.29, 1.82) is 0 Å². The zero-order valence-electron chi connectivity index (χ0n) is 9.20. The van der Waals surface area contributed by atoms with Crippen molar-refractivity contribution in [1.82, 2.24) is 5.32 Å². The highest BCUT2D eigenvalue weighted by Crippen LogP contribution is 2.39. The van der Waals surface area contributed by atoms with Gasteiger partial charge in [-0.25, -0.2) is 0 Å². The quantitative estimate of drug-likeness (QED) is 0.575. The minimum atomic E-state index is 0.140. The first-order valence-corrected chi connectivity index (χ1v) is 7.90. The summed E-state index contributed by atoms with van der Waals surface area (Å²) in [6, 6.07) is 0. The van der Waals surface area contributed by atoms with Crippen LogP contribution < -0.4 is 5.32 Å². The Morgan fingerprint density at radius 3 is 3.07 bits per heavy atom. The molecule has 2 nitrogen and oxygen atoms in total. The average Bonchev–Trinajstić information content (AvgIpc) is 2.74. The number of carbonyl (C=O) groups is 1. The van der Waals surface area contributed by atoms with Crippen LogP contribution in [0.2, 0.25) is 0 Å². The number of allylic oxidation sites excluding steroid dienone is 1. The van der Waals surface area contributed by atoms with Crippen LogP contribution in [0.15, 0.2) is 12.3 Å². The fraction of sp³-hybridized carbons (Fsp3) is 0.727. The first-order valence-electron chi connectivity index (χ1n) is 5.51. The Morgan fingerprint density at radius 2 is 2.40 bits per heavy atom. The molecule has 86 valence electrons. The van der Waals surface area contributed by atoms with E-state index >= 15 is 0 Å². The Hall–Kier alpha value is -0.0900. The summed E-state index contributed by atoms with van der Waals surface area (Å²) >= 11 is 0. The van der Waals surface area contributed by atoms with Gasteiger partial charge < -0.3 is 5.32 Å². The van der Waals surface area contributed by atoms with Crippen molar-refractivity contribution >= 4 is 27.5 Å². The molecule has 0 aliphatic carbocycles. The summed E-state index contributed by atoms with van der Waals surface area (Å²) in [5.74, 6) is 1.44. The van der Waals surface area contributed by atoms with E-state index in [4.69, 9.17) is 0 Å². The summed E-state index contributed by atoms with van der Waals surface area (Å²) in [5, 5.41) is 3.57. The van der Waals surface area contributed by atoms with Crippen molar-refractivity contribution in [3.05, 3.63) is 12.3 Å². The van der Waals surface area contributed by atoms with Crippen molar-refractivity contribution in [2.45, 2.75) is 44.3 Å². The van der Waals surface area contributed by atoms with Crippen LogP contribution in [0.1, 0.15) is 39.0 Å². The predicted molar refractivity (Wildman–Crippen MR) is 69.9 cm³/mol. The van der Waals surface area contributed by atoms with Gasteiger partial charge in [-0.3, -0.25) is 4.79 Å². The van der Waals surface area contributed by atoms with Gasteiger partial charge in [0.05, 0.1) is 0 Å². The topological polar surface area (TPSA) is 29.1 Å². The Labute approximate surface area is 100 Å². The van der Waals surface area contributed by atoms with Gasteiger partial charge in [-0.05, 0) is 32.4 Å². The molecule has 0 bridgehead atoms. The minimum Gasteiger partial charge on any atom is -0.333 e. The maximum absolute atomic E-state index is 11.2. The predicted octanol–water partition coefficient (Wildman–Crippen LogP) is 3.35. The first-order chi connectivity index (χ1) is 7.33. The molecule has 0 radical (unpaired) electrons. The summed E-state index contributed by atoms with van der Waals surface area (Å²) in [4.78, 5) is 11.2. The molecule has 1 fully saturated rings. The molecule has 0 aromatic rings. The smallest absolute Gasteiger partial charge is 0.223 e. The highest BCUT2D eigenvalue weighted by atomic mass is 33.1. The standard InChI is InChI=1S/C11H19NOS2/c1-2-8-12-11(13)6-4-3-5-10-7-9-14-15-10/h2,8,10H,3-7,9H2,1H3,(H,12,13)/b8-2+. The van der Waals surface area contributed by atoms with E-state index in [0.29, 0.717) is 6.42 Å². The number of hydrogen-bond donors (Lipinski definition) is 1. The van der Waals surface area contributed by atoms with Gasteiger partial charge >= 0.3 is 0 Å². The Morgan fingerprint density at radius 1 is 1.53 bits per heavy atom. The van der Waals surface area contributed by atoms with Crippen LogP contribution in [0.25, 0.3) is 0 Å². The lowest BCUT2D eigenvalue weighted by atomic mass is 10.1. The van der Waals surface area contributed by atoms with E-state index in [-0.39, 0.29) is 5.91 Å². The highest BCUT2D eigenvalue weighted by molar-refractivity contribution is 8.77. The molecule has 0 spiro atoms. The van der Waals surface area contributed by atoms with E-state index in [9.17, 15) is 4.79 Å². The zero-order chi connectivity index (χ0) is 10.9. The average molecular weight is 245 g/mol. The number of unbranched alkanes of at least 4 members (excludes halogenated alkanes) is 1. The third-order valence-corrected chi connectivity index (χ3v) is 5.32. The summed E-state index contributed by atoms with van der Waals surface area (Å²) in [6.07, 6.45) is 9.02. The highest BCUT2D eigenvalue weighted by Gasteiger charge is 2.15. The maximum atomic E-state index is 11.2. The third kappa shape index (κ3) is 6.15. The molecule has 15 heavy (non-hydrogen) atoms. The molecule has 1 unspecified atom stereocenters. The second-order valence-electron chi connectivity index (χ2n) is 3.64. The zero-order valence-corrected chi connectivity index (χ0v) is 10.8. The normalized spacial score (nSPS) is 21.0. The van der Waals surface area contributed by atoms with Crippen LogP contribution in [0.5, 0.6) is 0 Å². The molecule has 1 atom stereocenters. The van der Waals surface area contributed by atoms with Crippen LogP contribution in [-0.4, -0.2) is 16.9 Å². The van der Waals surface area contributed by atoms with Crippen LogP contribution in [0, 0.1) is 0 Å². The Balaban J connectivity index is 1.93. The van der Waals surface area contributed by atoms with Crippen LogP contribution in [0.4, 0.5) is 0 Å². The van der Waals surface area contributed by atoms with Crippen molar-refractivity contribution in [3.63, 3.8) is 0 Å². The lowest BCUT2D eigenvalue weighted by Gasteiger charge is -2.06. The molecular formula is C11H19NOS2. The van der Waals surface area contributed by atoms with Crippen LogP contribution in [-0.2, 0) is 4.79 Å². The largest absolute Gasteiger partial charge is 0.333 e. The van der Waals surface area contributed by atoms with Gasteiger partial charge in [0.2, 0.25) is 5.91 Å². The van der Waals surface area contributed by atoms with E-state index < -0.39 is 0 Å². The summed E-state index contributed by atoms with van der Waals surface area (Å²) < 4.78 is 0. The molecule has 1 rings (SSSR count). The van der Waals surface area contributed by atoms with E-state index in [0.717, 1.165) is 11.7 Å². The number of amides is 1. The molecule has 1 N–H and O–H groups in total. The number of rotatable bonds is 6. The molecule has 4 heteroatoms. The van der Waals surface area contributed by atoms with Crippen molar-refractivity contribution in [2.75, 3.05) is 5.75 Å². The van der Waals surface area contributed by atoms with E-state index in [1.807, 2.05) is 34.6 Å². The lowest BCUT2D eigenvalue weighted by molar-refractivity contribution is -0.120. The van der Waals surface area contributed by atoms with Gasteiger partial charge in [-0.2, -0.15) is 0 Å². The molecule has 1 heterocycles. The fourth-order valence-electron chi connectivity index (χ4n) is 1.47. The van der Waals surface area contributed by atoms with E-state index in [1.54, 1.807) is 6.20 Å². The monoisotopic (exact) mass is 245 g/mol. The van der Waals surface area contributed by atoms with Crippen molar-refractivity contribution in [2.24, 2.45) is 0 Å². The van der Waals surface area contributed by atoms with Gasteiger partial charge in [0.25, 0.3) is 0 Å². The van der Waals surface area contributed by atoms with Crippen molar-refractivity contribution < 1.29 is 4.79 Å². The summed E-state index contributed by atoms with van der Waals surface area (Å²) in [7, 11) is 4.01. The molecule has 1 amide bonds. The van der Waals surface area contributed by atoms with E-state index in [1.165, 1.54) is 25.0 Å². The summed E-state index contributed by atoms with van der Waals surface area (Å²) in [6.45, 7) is 1.90. The molecule has 1 aliphatic rings. The van der Waals surface area contributed by atoms with Gasteiger partial charge in [0.15, 0.2) is 0 Å². The first kappa shape index (κ1) is 13.0. The molecule has 0 saturated carbocycles. The Bertz CT molecular complexity index is 213. The van der Waals surface area contributed by atoms with Crippen molar-refractivity contribution in [3.8, 4) is 0 Å². The second kappa shape index (κ2) is 8.11. The summed E-state index contributed by atoms with van der Waals surface area (Å²) in [5.41, 5.74) is 0. The lowest BCUT2D eigenvalue weighted by Crippen LogP contribution is -2.16. The minimum absolute atomic E-state index is 0.140. The van der Waals surface area contributed by atoms with Gasteiger partial charge in [0.1, 0.15) is 0 Å². The second-order valence-corrected chi connectivity index (χ2v) is 6.43. The molecule has 1 aliphatic heterocycles. The SMILES string of the molecule is C/C=C/NC(=O)CCCCC1CCSS1.